The van der Waals surface area contributed by atoms with Crippen LogP contribution in [0.25, 0.3) is 16.6 Å². The summed E-state index contributed by atoms with van der Waals surface area (Å²) in [4.78, 5) is 17.0. The molecule has 1 aromatic heterocycles. The molecule has 1 heterocycles. The summed E-state index contributed by atoms with van der Waals surface area (Å²) >= 11 is 0. The van der Waals surface area contributed by atoms with Crippen molar-refractivity contribution in [2.45, 2.75) is 0 Å². The lowest BCUT2D eigenvalue weighted by atomic mass is 10.2. The minimum Gasteiger partial charge on any atom is -0.497 e. The highest BCUT2D eigenvalue weighted by atomic mass is 16.5. The topological polar surface area (TPSA) is 79.4 Å². The number of hydrogen-bond donors (Lipinski definition) is 1. The van der Waals surface area contributed by atoms with Gasteiger partial charge in [0.1, 0.15) is 17.8 Å². The van der Waals surface area contributed by atoms with Gasteiger partial charge in [0.25, 0.3) is 5.56 Å². The highest BCUT2D eigenvalue weighted by molar-refractivity contribution is 5.91. The summed E-state index contributed by atoms with van der Waals surface area (Å²) in [6, 6.07) is 10.4. The molecule has 0 saturated carbocycles. The number of ether oxygens (including phenoxy) is 2. The van der Waals surface area contributed by atoms with Crippen LogP contribution < -0.4 is 20.8 Å². The zero-order valence-corrected chi connectivity index (χ0v) is 12.2. The Morgan fingerprint density at radius 3 is 2.36 bits per heavy atom. The second-order valence-corrected chi connectivity index (χ2v) is 4.73. The van der Waals surface area contributed by atoms with E-state index in [0.29, 0.717) is 28.0 Å². The molecule has 3 rings (SSSR count). The van der Waals surface area contributed by atoms with Crippen molar-refractivity contribution in [2.24, 2.45) is 0 Å². The van der Waals surface area contributed by atoms with E-state index < -0.39 is 0 Å². The largest absolute Gasteiger partial charge is 0.497 e. The van der Waals surface area contributed by atoms with Crippen molar-refractivity contribution in [3.8, 4) is 17.2 Å². The van der Waals surface area contributed by atoms with Crippen molar-refractivity contribution in [3.05, 3.63) is 53.1 Å². The van der Waals surface area contributed by atoms with Gasteiger partial charge in [-0.25, -0.2) is 4.98 Å². The minimum atomic E-state index is -0.227. The van der Waals surface area contributed by atoms with Crippen molar-refractivity contribution < 1.29 is 9.47 Å². The second-order valence-electron chi connectivity index (χ2n) is 4.73. The van der Waals surface area contributed by atoms with Gasteiger partial charge in [0.2, 0.25) is 0 Å². The van der Waals surface area contributed by atoms with Crippen LogP contribution in [0, 0.1) is 0 Å². The first kappa shape index (κ1) is 13.9. The molecule has 6 nitrogen and oxygen atoms in total. The van der Waals surface area contributed by atoms with Crippen molar-refractivity contribution >= 4 is 16.6 Å². The highest BCUT2D eigenvalue weighted by Gasteiger charge is 2.11. The molecule has 0 fully saturated rings. The molecule has 0 aliphatic rings. The molecule has 0 spiro atoms. The van der Waals surface area contributed by atoms with Crippen LogP contribution in [0.2, 0.25) is 0 Å². The summed E-state index contributed by atoms with van der Waals surface area (Å²) in [5.74, 6) is 1.29. The van der Waals surface area contributed by atoms with Crippen LogP contribution in [0.4, 0.5) is 5.69 Å². The number of fused-ring (bicyclic) bond motifs is 1. The van der Waals surface area contributed by atoms with Crippen molar-refractivity contribution in [1.82, 2.24) is 9.55 Å². The number of nitrogens with zero attached hydrogens (tertiary/aromatic N) is 2. The molecule has 0 radical (unpaired) electrons. The molecule has 2 N–H and O–H groups in total. The lowest BCUT2D eigenvalue weighted by Gasteiger charge is -2.10. The SMILES string of the molecule is COc1ccc(-n2cnc3cc(OC)cc(N)c3c2=O)cc1. The van der Waals surface area contributed by atoms with E-state index in [0.717, 1.165) is 5.75 Å². The number of nitrogen functional groups attached to an aromatic ring is 1. The van der Waals surface area contributed by atoms with Crippen LogP contribution in [-0.2, 0) is 0 Å². The number of nitrogens with two attached hydrogens (primary N) is 1. The Labute approximate surface area is 126 Å². The first-order valence-corrected chi connectivity index (χ1v) is 6.63. The van der Waals surface area contributed by atoms with E-state index in [2.05, 4.69) is 4.98 Å². The monoisotopic (exact) mass is 297 g/mol. The van der Waals surface area contributed by atoms with Crippen LogP contribution >= 0.6 is 0 Å². The van der Waals surface area contributed by atoms with Crippen LogP contribution in [0.15, 0.2) is 47.5 Å². The van der Waals surface area contributed by atoms with Gasteiger partial charge in [-0.05, 0) is 24.3 Å². The van der Waals surface area contributed by atoms with Crippen LogP contribution in [0.5, 0.6) is 11.5 Å². The third kappa shape index (κ3) is 2.24. The van der Waals surface area contributed by atoms with E-state index in [4.69, 9.17) is 15.2 Å². The average Bonchev–Trinajstić information content (AvgIpc) is 2.55. The van der Waals surface area contributed by atoms with Gasteiger partial charge in [0.05, 0.1) is 36.5 Å². The Morgan fingerprint density at radius 1 is 1.05 bits per heavy atom. The summed E-state index contributed by atoms with van der Waals surface area (Å²) in [6.45, 7) is 0. The van der Waals surface area contributed by atoms with Crippen LogP contribution in [-0.4, -0.2) is 23.8 Å². The maximum absolute atomic E-state index is 12.7. The van der Waals surface area contributed by atoms with Gasteiger partial charge in [0, 0.05) is 12.1 Å². The standard InChI is InChI=1S/C16H15N3O3/c1-21-11-5-3-10(4-6-11)19-9-18-14-8-12(22-2)7-13(17)15(14)16(19)20/h3-9H,17H2,1-2H3. The minimum absolute atomic E-state index is 0.227. The number of aromatic nitrogens is 2. The molecular formula is C16H15N3O3. The normalized spacial score (nSPS) is 10.6. The molecule has 0 bridgehead atoms. The third-order valence-electron chi connectivity index (χ3n) is 3.45. The van der Waals surface area contributed by atoms with Gasteiger partial charge < -0.3 is 15.2 Å². The molecule has 22 heavy (non-hydrogen) atoms. The van der Waals surface area contributed by atoms with Crippen LogP contribution in [0.1, 0.15) is 0 Å². The molecule has 2 aromatic carbocycles. The predicted octanol–water partition coefficient (Wildman–Crippen LogP) is 1.99. The fraction of sp³-hybridized carbons (Fsp3) is 0.125. The molecule has 0 amide bonds. The molecule has 0 aliphatic carbocycles. The smallest absolute Gasteiger partial charge is 0.267 e. The summed E-state index contributed by atoms with van der Waals surface area (Å²) < 4.78 is 11.7. The zero-order chi connectivity index (χ0) is 15.7. The lowest BCUT2D eigenvalue weighted by Crippen LogP contribution is -2.19. The Morgan fingerprint density at radius 2 is 1.73 bits per heavy atom. The number of anilines is 1. The number of rotatable bonds is 3. The maximum Gasteiger partial charge on any atom is 0.267 e. The first-order valence-electron chi connectivity index (χ1n) is 6.63. The van der Waals surface area contributed by atoms with Crippen molar-refractivity contribution in [2.75, 3.05) is 20.0 Å². The first-order chi connectivity index (χ1) is 10.6. The van der Waals surface area contributed by atoms with Crippen molar-refractivity contribution in [3.63, 3.8) is 0 Å². The number of methoxy groups -OCH3 is 2. The molecule has 112 valence electrons. The van der Waals surface area contributed by atoms with Gasteiger partial charge in [-0.2, -0.15) is 0 Å². The van der Waals surface area contributed by atoms with E-state index in [1.54, 1.807) is 50.6 Å². The van der Waals surface area contributed by atoms with Gasteiger partial charge in [0.15, 0.2) is 0 Å². The van der Waals surface area contributed by atoms with E-state index in [-0.39, 0.29) is 5.56 Å². The summed E-state index contributed by atoms with van der Waals surface area (Å²) in [7, 11) is 3.13. The lowest BCUT2D eigenvalue weighted by molar-refractivity contribution is 0.414. The van der Waals surface area contributed by atoms with E-state index >= 15 is 0 Å². The number of benzene rings is 2. The maximum atomic E-state index is 12.7. The van der Waals surface area contributed by atoms with Gasteiger partial charge in [-0.1, -0.05) is 0 Å². The third-order valence-corrected chi connectivity index (χ3v) is 3.45. The Bertz CT molecular complexity index is 886. The molecular weight excluding hydrogens is 282 g/mol. The predicted molar refractivity (Wildman–Crippen MR) is 84.9 cm³/mol. The Balaban J connectivity index is 2.21. The molecule has 0 saturated heterocycles. The second kappa shape index (κ2) is 5.40. The van der Waals surface area contributed by atoms with Crippen LogP contribution in [0.3, 0.4) is 0 Å². The van der Waals surface area contributed by atoms with Gasteiger partial charge >= 0.3 is 0 Å². The zero-order valence-electron chi connectivity index (χ0n) is 12.2. The molecule has 6 heteroatoms. The summed E-state index contributed by atoms with van der Waals surface area (Å²) in [5, 5.41) is 0.374. The fourth-order valence-electron chi connectivity index (χ4n) is 2.29. The van der Waals surface area contributed by atoms with Gasteiger partial charge in [-0.15, -0.1) is 0 Å². The molecule has 0 unspecified atom stereocenters. The van der Waals surface area contributed by atoms with Crippen molar-refractivity contribution in [1.29, 1.82) is 0 Å². The fourth-order valence-corrected chi connectivity index (χ4v) is 2.29. The van der Waals surface area contributed by atoms with E-state index in [1.807, 2.05) is 0 Å². The van der Waals surface area contributed by atoms with E-state index in [1.165, 1.54) is 10.9 Å². The summed E-state index contributed by atoms with van der Waals surface area (Å²) in [5.41, 5.74) is 7.28. The molecule has 3 aromatic rings. The summed E-state index contributed by atoms with van der Waals surface area (Å²) in [6.07, 6.45) is 1.48. The van der Waals surface area contributed by atoms with E-state index in [9.17, 15) is 4.79 Å². The quantitative estimate of drug-likeness (QED) is 0.748. The number of hydrogen-bond acceptors (Lipinski definition) is 5. The molecule has 0 atom stereocenters. The molecule has 0 aliphatic heterocycles. The Hall–Kier alpha value is -3.02. The Kier molecular flexibility index (Phi) is 3.42. The highest BCUT2D eigenvalue weighted by Crippen LogP contribution is 2.23. The van der Waals surface area contributed by atoms with Gasteiger partial charge in [-0.3, -0.25) is 9.36 Å². The average molecular weight is 297 g/mol.